The SMILES string of the molecule is Cc1c(Cl)nnc(Nc2c(F)cc(Br)cc2F)c1C. The quantitative estimate of drug-likeness (QED) is 0.866. The molecule has 0 atom stereocenters. The highest BCUT2D eigenvalue weighted by molar-refractivity contribution is 9.10. The molecule has 0 spiro atoms. The Bertz CT molecular complexity index is 626. The molecule has 19 heavy (non-hydrogen) atoms. The molecule has 2 rings (SSSR count). The van der Waals surface area contributed by atoms with E-state index in [2.05, 4.69) is 31.4 Å². The van der Waals surface area contributed by atoms with Crippen molar-refractivity contribution < 1.29 is 8.78 Å². The van der Waals surface area contributed by atoms with Gasteiger partial charge in [-0.3, -0.25) is 0 Å². The zero-order valence-electron chi connectivity index (χ0n) is 10.1. The van der Waals surface area contributed by atoms with Crippen molar-refractivity contribution in [3.63, 3.8) is 0 Å². The number of nitrogens with one attached hydrogen (secondary N) is 1. The molecule has 0 saturated heterocycles. The predicted octanol–water partition coefficient (Wildman–Crippen LogP) is 4.53. The molecule has 0 aliphatic heterocycles. The molecule has 1 N–H and O–H groups in total. The Kier molecular flexibility index (Phi) is 4.01. The summed E-state index contributed by atoms with van der Waals surface area (Å²) in [5.41, 5.74) is 1.11. The molecule has 1 heterocycles. The molecular formula is C12H9BrClF2N3. The van der Waals surface area contributed by atoms with E-state index in [9.17, 15) is 8.78 Å². The fourth-order valence-corrected chi connectivity index (χ4v) is 2.06. The predicted molar refractivity (Wildman–Crippen MR) is 73.9 cm³/mol. The Morgan fingerprint density at radius 2 is 1.68 bits per heavy atom. The second-order valence-electron chi connectivity index (χ2n) is 3.96. The van der Waals surface area contributed by atoms with Crippen LogP contribution in [0.25, 0.3) is 0 Å². The molecule has 0 aliphatic carbocycles. The van der Waals surface area contributed by atoms with Gasteiger partial charge in [0.05, 0.1) is 0 Å². The fourth-order valence-electron chi connectivity index (χ4n) is 1.47. The van der Waals surface area contributed by atoms with Gasteiger partial charge in [-0.25, -0.2) is 8.78 Å². The first-order valence-electron chi connectivity index (χ1n) is 5.31. The average Bonchev–Trinajstić information content (AvgIpc) is 2.33. The molecule has 0 unspecified atom stereocenters. The topological polar surface area (TPSA) is 37.8 Å². The fraction of sp³-hybridized carbons (Fsp3) is 0.167. The van der Waals surface area contributed by atoms with Crippen molar-refractivity contribution in [1.82, 2.24) is 10.2 Å². The van der Waals surface area contributed by atoms with Crippen LogP contribution in [0.15, 0.2) is 16.6 Å². The van der Waals surface area contributed by atoms with Crippen LogP contribution in [0.5, 0.6) is 0 Å². The zero-order chi connectivity index (χ0) is 14.2. The summed E-state index contributed by atoms with van der Waals surface area (Å²) in [5, 5.41) is 10.4. The van der Waals surface area contributed by atoms with Crippen LogP contribution in [-0.2, 0) is 0 Å². The summed E-state index contributed by atoms with van der Waals surface area (Å²) in [6.45, 7) is 3.50. The van der Waals surface area contributed by atoms with Crippen molar-refractivity contribution in [3.05, 3.63) is 44.5 Å². The van der Waals surface area contributed by atoms with Gasteiger partial charge in [0.25, 0.3) is 0 Å². The molecule has 100 valence electrons. The summed E-state index contributed by atoms with van der Waals surface area (Å²) in [6.07, 6.45) is 0. The molecule has 0 fully saturated rings. The first kappa shape index (κ1) is 14.1. The van der Waals surface area contributed by atoms with Crippen molar-refractivity contribution in [3.8, 4) is 0 Å². The maximum atomic E-state index is 13.7. The lowest BCUT2D eigenvalue weighted by Gasteiger charge is -2.12. The smallest absolute Gasteiger partial charge is 0.156 e. The number of halogens is 4. The lowest BCUT2D eigenvalue weighted by Crippen LogP contribution is -2.04. The summed E-state index contributed by atoms with van der Waals surface area (Å²) in [7, 11) is 0. The molecule has 3 nitrogen and oxygen atoms in total. The van der Waals surface area contributed by atoms with Crippen LogP contribution in [0.1, 0.15) is 11.1 Å². The average molecular weight is 349 g/mol. The lowest BCUT2D eigenvalue weighted by atomic mass is 10.2. The third-order valence-electron chi connectivity index (χ3n) is 2.72. The third-order valence-corrected chi connectivity index (χ3v) is 3.53. The van der Waals surface area contributed by atoms with Crippen molar-refractivity contribution in [1.29, 1.82) is 0 Å². The van der Waals surface area contributed by atoms with E-state index >= 15 is 0 Å². The minimum absolute atomic E-state index is 0.264. The Labute approximate surface area is 122 Å². The van der Waals surface area contributed by atoms with Crippen molar-refractivity contribution in [2.45, 2.75) is 13.8 Å². The second-order valence-corrected chi connectivity index (χ2v) is 5.23. The molecular weight excluding hydrogens is 340 g/mol. The van der Waals surface area contributed by atoms with Crippen LogP contribution in [0.3, 0.4) is 0 Å². The van der Waals surface area contributed by atoms with E-state index < -0.39 is 11.6 Å². The van der Waals surface area contributed by atoms with Gasteiger partial charge in [-0.1, -0.05) is 27.5 Å². The number of hydrogen-bond acceptors (Lipinski definition) is 3. The van der Waals surface area contributed by atoms with Gasteiger partial charge in [-0.05, 0) is 37.1 Å². The normalized spacial score (nSPS) is 10.6. The minimum Gasteiger partial charge on any atom is -0.334 e. The summed E-state index contributed by atoms with van der Waals surface area (Å²) < 4.78 is 27.7. The van der Waals surface area contributed by atoms with Crippen LogP contribution in [0, 0.1) is 25.5 Å². The molecule has 2 aromatic rings. The Balaban J connectivity index is 2.45. The summed E-state index contributed by atoms with van der Waals surface area (Å²) in [4.78, 5) is 0. The van der Waals surface area contributed by atoms with E-state index in [1.807, 2.05) is 0 Å². The van der Waals surface area contributed by atoms with Crippen molar-refractivity contribution in [2.75, 3.05) is 5.32 Å². The van der Waals surface area contributed by atoms with Crippen LogP contribution in [0.2, 0.25) is 5.15 Å². The van der Waals surface area contributed by atoms with E-state index in [-0.39, 0.29) is 16.7 Å². The van der Waals surface area contributed by atoms with E-state index in [0.29, 0.717) is 15.6 Å². The van der Waals surface area contributed by atoms with Crippen LogP contribution in [-0.4, -0.2) is 10.2 Å². The van der Waals surface area contributed by atoms with E-state index in [0.717, 1.165) is 12.1 Å². The number of benzene rings is 1. The van der Waals surface area contributed by atoms with Crippen LogP contribution >= 0.6 is 27.5 Å². The molecule has 0 bridgehead atoms. The van der Waals surface area contributed by atoms with Crippen LogP contribution < -0.4 is 5.32 Å². The van der Waals surface area contributed by atoms with E-state index in [4.69, 9.17) is 11.6 Å². The minimum atomic E-state index is -0.722. The van der Waals surface area contributed by atoms with E-state index in [1.165, 1.54) is 0 Å². The molecule has 7 heteroatoms. The van der Waals surface area contributed by atoms with Crippen molar-refractivity contribution >= 4 is 39.0 Å². The Hall–Kier alpha value is -1.27. The molecule has 1 aromatic carbocycles. The molecule has 0 amide bonds. The summed E-state index contributed by atoms with van der Waals surface area (Å²) in [5.74, 6) is -1.18. The Morgan fingerprint density at radius 1 is 1.11 bits per heavy atom. The number of nitrogens with zero attached hydrogens (tertiary/aromatic N) is 2. The Morgan fingerprint density at radius 3 is 2.26 bits per heavy atom. The van der Waals surface area contributed by atoms with Gasteiger partial charge in [0.1, 0.15) is 5.69 Å². The number of hydrogen-bond donors (Lipinski definition) is 1. The second kappa shape index (κ2) is 5.38. The van der Waals surface area contributed by atoms with Crippen LogP contribution in [0.4, 0.5) is 20.3 Å². The highest BCUT2D eigenvalue weighted by Gasteiger charge is 2.14. The van der Waals surface area contributed by atoms with Gasteiger partial charge in [0.2, 0.25) is 0 Å². The zero-order valence-corrected chi connectivity index (χ0v) is 12.4. The van der Waals surface area contributed by atoms with Gasteiger partial charge < -0.3 is 5.32 Å². The lowest BCUT2D eigenvalue weighted by molar-refractivity contribution is 0.589. The number of anilines is 2. The highest BCUT2D eigenvalue weighted by Crippen LogP contribution is 2.28. The van der Waals surface area contributed by atoms with Gasteiger partial charge in [0, 0.05) is 4.47 Å². The first-order valence-corrected chi connectivity index (χ1v) is 6.48. The monoisotopic (exact) mass is 347 g/mol. The van der Waals surface area contributed by atoms with E-state index in [1.54, 1.807) is 13.8 Å². The third kappa shape index (κ3) is 2.84. The van der Waals surface area contributed by atoms with Gasteiger partial charge in [-0.2, -0.15) is 0 Å². The number of rotatable bonds is 2. The first-order chi connectivity index (χ1) is 8.90. The summed E-state index contributed by atoms with van der Waals surface area (Å²) >= 11 is 8.83. The highest BCUT2D eigenvalue weighted by atomic mass is 79.9. The largest absolute Gasteiger partial charge is 0.334 e. The van der Waals surface area contributed by atoms with Gasteiger partial charge >= 0.3 is 0 Å². The molecule has 0 radical (unpaired) electrons. The number of aromatic nitrogens is 2. The molecule has 0 saturated carbocycles. The van der Waals surface area contributed by atoms with Crippen molar-refractivity contribution in [2.24, 2.45) is 0 Å². The maximum absolute atomic E-state index is 13.7. The standard InChI is InChI=1S/C12H9BrClF2N3/c1-5-6(2)12(19-18-11(5)14)17-10-8(15)3-7(13)4-9(10)16/h3-4H,1-2H3,(H,17,19). The molecule has 1 aromatic heterocycles. The maximum Gasteiger partial charge on any atom is 0.156 e. The molecule has 0 aliphatic rings. The van der Waals surface area contributed by atoms with Gasteiger partial charge in [0.15, 0.2) is 22.6 Å². The summed E-state index contributed by atoms with van der Waals surface area (Å²) in [6, 6.07) is 2.33. The van der Waals surface area contributed by atoms with Gasteiger partial charge in [-0.15, -0.1) is 10.2 Å².